The second-order valence-corrected chi connectivity index (χ2v) is 3.15. The molecule has 0 unspecified atom stereocenters. The van der Waals surface area contributed by atoms with E-state index in [0.717, 1.165) is 0 Å². The van der Waals surface area contributed by atoms with Gasteiger partial charge in [-0.05, 0) is 30.3 Å². The summed E-state index contributed by atoms with van der Waals surface area (Å²) in [6.45, 7) is 0. The Morgan fingerprint density at radius 3 is 2.35 bits per heavy atom. The number of hydrogen-bond donors (Lipinski definition) is 0. The number of hydrogen-bond acceptors (Lipinski definition) is 5. The van der Waals surface area contributed by atoms with Crippen molar-refractivity contribution in [3.05, 3.63) is 48.3 Å². The third kappa shape index (κ3) is 2.78. The number of methoxy groups -OCH3 is 1. The molecular weight excluding hydrogens is 220 g/mol. The molecule has 0 saturated heterocycles. The van der Waals surface area contributed by atoms with Crippen LogP contribution in [0.2, 0.25) is 0 Å². The zero-order chi connectivity index (χ0) is 12.1. The molecule has 0 spiro atoms. The number of esters is 1. The molecule has 0 amide bonds. The van der Waals surface area contributed by atoms with Crippen molar-refractivity contribution in [1.29, 1.82) is 0 Å². The zero-order valence-corrected chi connectivity index (χ0v) is 9.16. The molecule has 17 heavy (non-hydrogen) atoms. The van der Waals surface area contributed by atoms with E-state index in [1.165, 1.54) is 7.11 Å². The third-order valence-electron chi connectivity index (χ3n) is 2.03. The Hall–Kier alpha value is -2.43. The third-order valence-corrected chi connectivity index (χ3v) is 2.03. The lowest BCUT2D eigenvalue weighted by Gasteiger charge is -2.03. The Balaban J connectivity index is 2.11. The molecule has 86 valence electrons. The summed E-state index contributed by atoms with van der Waals surface area (Å²) in [6.07, 6.45) is 3.18. The minimum Gasteiger partial charge on any atom is -0.465 e. The van der Waals surface area contributed by atoms with Gasteiger partial charge in [-0.1, -0.05) is 0 Å². The van der Waals surface area contributed by atoms with Crippen LogP contribution in [0.25, 0.3) is 0 Å². The van der Waals surface area contributed by atoms with Gasteiger partial charge in [-0.15, -0.1) is 0 Å². The monoisotopic (exact) mass is 230 g/mol. The highest BCUT2D eigenvalue weighted by Gasteiger charge is 2.05. The molecule has 1 aromatic carbocycles. The summed E-state index contributed by atoms with van der Waals surface area (Å²) in [5, 5.41) is 0. The van der Waals surface area contributed by atoms with Crippen LogP contribution in [0.3, 0.4) is 0 Å². The highest BCUT2D eigenvalue weighted by molar-refractivity contribution is 5.89. The highest BCUT2D eigenvalue weighted by Crippen LogP contribution is 2.17. The molecule has 2 rings (SSSR count). The van der Waals surface area contributed by atoms with Gasteiger partial charge in [0.1, 0.15) is 5.75 Å². The fourth-order valence-electron chi connectivity index (χ4n) is 1.22. The van der Waals surface area contributed by atoms with Gasteiger partial charge in [0.2, 0.25) is 0 Å². The number of carbonyl (C=O) groups excluding carboxylic acids is 1. The first-order valence-corrected chi connectivity index (χ1v) is 4.93. The molecule has 0 aliphatic carbocycles. The van der Waals surface area contributed by atoms with Crippen LogP contribution in [-0.2, 0) is 4.74 Å². The molecular formula is C12H10N2O3. The standard InChI is InChI=1S/C12H10N2O3/c1-16-11(15)9-3-5-10(6-4-9)17-12-13-7-2-8-14-12/h2-8H,1H3. The van der Waals surface area contributed by atoms with Gasteiger partial charge in [-0.3, -0.25) is 0 Å². The Bertz CT molecular complexity index is 497. The van der Waals surface area contributed by atoms with Gasteiger partial charge >= 0.3 is 12.0 Å². The summed E-state index contributed by atoms with van der Waals surface area (Å²) in [5.41, 5.74) is 0.467. The molecule has 0 saturated carbocycles. The molecule has 0 atom stereocenters. The average Bonchev–Trinajstić information content (AvgIpc) is 2.40. The molecule has 5 nitrogen and oxygen atoms in total. The minimum atomic E-state index is -0.382. The topological polar surface area (TPSA) is 61.3 Å². The van der Waals surface area contributed by atoms with E-state index in [2.05, 4.69) is 14.7 Å². The van der Waals surface area contributed by atoms with Crippen LogP contribution in [0.1, 0.15) is 10.4 Å². The lowest BCUT2D eigenvalue weighted by molar-refractivity contribution is 0.0600. The number of rotatable bonds is 3. The van der Waals surface area contributed by atoms with Gasteiger partial charge in [-0.2, -0.15) is 0 Å². The largest absolute Gasteiger partial charge is 0.465 e. The van der Waals surface area contributed by atoms with Gasteiger partial charge in [0, 0.05) is 12.4 Å². The summed E-state index contributed by atoms with van der Waals surface area (Å²) in [7, 11) is 1.34. The lowest BCUT2D eigenvalue weighted by atomic mass is 10.2. The number of nitrogens with zero attached hydrogens (tertiary/aromatic N) is 2. The quantitative estimate of drug-likeness (QED) is 0.755. The summed E-state index contributed by atoms with van der Waals surface area (Å²) >= 11 is 0. The van der Waals surface area contributed by atoms with Crippen molar-refractivity contribution in [3.8, 4) is 11.8 Å². The average molecular weight is 230 g/mol. The maximum atomic E-state index is 11.2. The summed E-state index contributed by atoms with van der Waals surface area (Å²) < 4.78 is 9.96. The molecule has 5 heteroatoms. The van der Waals surface area contributed by atoms with Crippen molar-refractivity contribution < 1.29 is 14.3 Å². The number of carbonyl (C=O) groups is 1. The Morgan fingerprint density at radius 1 is 1.12 bits per heavy atom. The van der Waals surface area contributed by atoms with Crippen LogP contribution in [0.15, 0.2) is 42.7 Å². The predicted octanol–water partition coefficient (Wildman–Crippen LogP) is 2.06. The van der Waals surface area contributed by atoms with Crippen LogP contribution >= 0.6 is 0 Å². The SMILES string of the molecule is COC(=O)c1ccc(Oc2ncccn2)cc1. The second kappa shape index (κ2) is 5.07. The van der Waals surface area contributed by atoms with Crippen LogP contribution in [0.4, 0.5) is 0 Å². The van der Waals surface area contributed by atoms with Crippen molar-refractivity contribution in [1.82, 2.24) is 9.97 Å². The van der Waals surface area contributed by atoms with Crippen molar-refractivity contribution in [2.75, 3.05) is 7.11 Å². The van der Waals surface area contributed by atoms with E-state index in [9.17, 15) is 4.79 Å². The van der Waals surface area contributed by atoms with Gasteiger partial charge in [0.25, 0.3) is 0 Å². The van der Waals surface area contributed by atoms with Crippen molar-refractivity contribution in [2.24, 2.45) is 0 Å². The van der Waals surface area contributed by atoms with E-state index in [1.807, 2.05) is 0 Å². The van der Waals surface area contributed by atoms with Crippen LogP contribution in [-0.4, -0.2) is 23.0 Å². The van der Waals surface area contributed by atoms with E-state index in [0.29, 0.717) is 11.3 Å². The van der Waals surface area contributed by atoms with Crippen molar-refractivity contribution in [2.45, 2.75) is 0 Å². The zero-order valence-electron chi connectivity index (χ0n) is 9.16. The maximum absolute atomic E-state index is 11.2. The van der Waals surface area contributed by atoms with Gasteiger partial charge in [0.05, 0.1) is 12.7 Å². The molecule has 1 heterocycles. The lowest BCUT2D eigenvalue weighted by Crippen LogP contribution is -2.00. The van der Waals surface area contributed by atoms with Crippen molar-refractivity contribution in [3.63, 3.8) is 0 Å². The summed E-state index contributed by atoms with van der Waals surface area (Å²) in [4.78, 5) is 19.0. The molecule has 0 fully saturated rings. The van der Waals surface area contributed by atoms with E-state index >= 15 is 0 Å². The number of aromatic nitrogens is 2. The van der Waals surface area contributed by atoms with E-state index in [-0.39, 0.29) is 12.0 Å². The molecule has 0 N–H and O–H groups in total. The maximum Gasteiger partial charge on any atom is 0.337 e. The van der Waals surface area contributed by atoms with E-state index in [1.54, 1.807) is 42.7 Å². The molecule has 0 radical (unpaired) electrons. The first-order valence-electron chi connectivity index (χ1n) is 4.93. The van der Waals surface area contributed by atoms with Gasteiger partial charge < -0.3 is 9.47 Å². The normalized spacial score (nSPS) is 9.71. The predicted molar refractivity (Wildman–Crippen MR) is 59.9 cm³/mol. The Labute approximate surface area is 98.0 Å². The first-order chi connectivity index (χ1) is 8.29. The molecule has 0 bridgehead atoms. The first kappa shape index (κ1) is 11.1. The molecule has 0 aliphatic rings. The molecule has 0 aliphatic heterocycles. The smallest absolute Gasteiger partial charge is 0.337 e. The highest BCUT2D eigenvalue weighted by atomic mass is 16.5. The molecule has 1 aromatic heterocycles. The van der Waals surface area contributed by atoms with Gasteiger partial charge in [0.15, 0.2) is 0 Å². The van der Waals surface area contributed by atoms with Crippen molar-refractivity contribution >= 4 is 5.97 Å². The fourth-order valence-corrected chi connectivity index (χ4v) is 1.22. The number of benzene rings is 1. The minimum absolute atomic E-state index is 0.262. The van der Waals surface area contributed by atoms with E-state index in [4.69, 9.17) is 4.74 Å². The van der Waals surface area contributed by atoms with E-state index < -0.39 is 0 Å². The second-order valence-electron chi connectivity index (χ2n) is 3.15. The summed E-state index contributed by atoms with van der Waals surface area (Å²) in [6, 6.07) is 8.51. The Kier molecular flexibility index (Phi) is 3.30. The summed E-state index contributed by atoms with van der Waals surface area (Å²) in [5.74, 6) is 0.177. The van der Waals surface area contributed by atoms with Crippen LogP contribution < -0.4 is 4.74 Å². The fraction of sp³-hybridized carbons (Fsp3) is 0.0833. The van der Waals surface area contributed by atoms with Crippen LogP contribution in [0.5, 0.6) is 11.8 Å². The van der Waals surface area contributed by atoms with Gasteiger partial charge in [-0.25, -0.2) is 14.8 Å². The van der Waals surface area contributed by atoms with Crippen LogP contribution in [0, 0.1) is 0 Å². The Morgan fingerprint density at radius 2 is 1.76 bits per heavy atom. The number of ether oxygens (including phenoxy) is 2. The molecule has 2 aromatic rings.